The zero-order valence-corrected chi connectivity index (χ0v) is 8.42. The van der Waals surface area contributed by atoms with Gasteiger partial charge in [0, 0.05) is 12.6 Å². The average molecular weight is 198 g/mol. The number of aromatic nitrogens is 2. The molecule has 1 unspecified atom stereocenters. The van der Waals surface area contributed by atoms with Crippen LogP contribution in [0.25, 0.3) is 0 Å². The molecule has 0 radical (unpaired) electrons. The first-order valence-corrected chi connectivity index (χ1v) is 4.61. The molecule has 1 aromatic rings. The van der Waals surface area contributed by atoms with Gasteiger partial charge in [0.05, 0.1) is 5.69 Å². The van der Waals surface area contributed by atoms with Crippen molar-refractivity contribution in [3.05, 3.63) is 17.8 Å². The van der Waals surface area contributed by atoms with E-state index >= 15 is 0 Å². The van der Waals surface area contributed by atoms with Gasteiger partial charge in [-0.05, 0) is 13.3 Å². The molecule has 1 aromatic heterocycles. The molecule has 0 aliphatic carbocycles. The molecule has 1 atom stereocenters. The minimum Gasteiger partial charge on any atom is -0.366 e. The summed E-state index contributed by atoms with van der Waals surface area (Å²) >= 11 is 0. The first kappa shape index (κ1) is 10.8. The van der Waals surface area contributed by atoms with E-state index in [0.717, 1.165) is 6.42 Å². The molecule has 0 bridgehead atoms. The summed E-state index contributed by atoms with van der Waals surface area (Å²) in [5, 5.41) is 2.85. The third-order valence-corrected chi connectivity index (χ3v) is 2.02. The molecule has 78 valence electrons. The van der Waals surface area contributed by atoms with Gasteiger partial charge in [0.15, 0.2) is 11.6 Å². The highest BCUT2D eigenvalue weighted by Crippen LogP contribution is 2.11. The highest BCUT2D eigenvalue weighted by Gasteiger charge is 2.07. The fraction of sp³-hybridized carbons (Fsp3) is 0.556. The van der Waals surface area contributed by atoms with E-state index < -0.39 is 5.82 Å². The maximum absolute atomic E-state index is 13.3. The molecule has 0 saturated carbocycles. The first-order chi connectivity index (χ1) is 6.65. The first-order valence-electron chi connectivity index (χ1n) is 4.61. The maximum atomic E-state index is 13.3. The van der Waals surface area contributed by atoms with Crippen molar-refractivity contribution >= 4 is 5.82 Å². The largest absolute Gasteiger partial charge is 0.366 e. The van der Waals surface area contributed by atoms with Gasteiger partial charge >= 0.3 is 0 Å². The third kappa shape index (κ3) is 2.63. The fourth-order valence-corrected chi connectivity index (χ4v) is 0.953. The number of nitrogens with two attached hydrogens (primary N) is 1. The second kappa shape index (κ2) is 4.85. The van der Waals surface area contributed by atoms with Crippen LogP contribution in [0.2, 0.25) is 0 Å². The molecule has 0 aliphatic rings. The second-order valence-corrected chi connectivity index (χ2v) is 3.17. The SMILES string of the molecule is CCC(N)CNc1ncnc(C)c1F. The molecule has 1 rings (SSSR count). The Labute approximate surface area is 82.8 Å². The van der Waals surface area contributed by atoms with Crippen molar-refractivity contribution in [1.29, 1.82) is 0 Å². The fourth-order valence-electron chi connectivity index (χ4n) is 0.953. The van der Waals surface area contributed by atoms with Crippen LogP contribution in [-0.4, -0.2) is 22.6 Å². The van der Waals surface area contributed by atoms with E-state index in [4.69, 9.17) is 5.73 Å². The number of anilines is 1. The summed E-state index contributed by atoms with van der Waals surface area (Å²) in [5.41, 5.74) is 6.02. The van der Waals surface area contributed by atoms with Gasteiger partial charge in [-0.2, -0.15) is 0 Å². The van der Waals surface area contributed by atoms with E-state index in [1.807, 2.05) is 6.92 Å². The van der Waals surface area contributed by atoms with Gasteiger partial charge in [0.25, 0.3) is 0 Å². The Balaban J connectivity index is 2.63. The van der Waals surface area contributed by atoms with Gasteiger partial charge in [-0.15, -0.1) is 0 Å². The van der Waals surface area contributed by atoms with Gasteiger partial charge in [-0.1, -0.05) is 6.92 Å². The number of hydrogen-bond acceptors (Lipinski definition) is 4. The van der Waals surface area contributed by atoms with Crippen LogP contribution in [0.5, 0.6) is 0 Å². The number of nitrogens with zero attached hydrogens (tertiary/aromatic N) is 2. The van der Waals surface area contributed by atoms with Crippen LogP contribution in [0, 0.1) is 12.7 Å². The summed E-state index contributed by atoms with van der Waals surface area (Å²) in [6, 6.07) is 0.0182. The number of halogens is 1. The molecule has 0 amide bonds. The monoisotopic (exact) mass is 198 g/mol. The van der Waals surface area contributed by atoms with Gasteiger partial charge in [-0.3, -0.25) is 0 Å². The standard InChI is InChI=1S/C9H15FN4/c1-3-7(11)4-12-9-8(10)6(2)13-5-14-9/h5,7H,3-4,11H2,1-2H3,(H,12,13,14). The van der Waals surface area contributed by atoms with Crippen molar-refractivity contribution in [2.24, 2.45) is 5.73 Å². The molecule has 0 aliphatic heterocycles. The Morgan fingerprint density at radius 1 is 1.57 bits per heavy atom. The Morgan fingerprint density at radius 3 is 2.93 bits per heavy atom. The molecule has 1 heterocycles. The molecular weight excluding hydrogens is 183 g/mol. The highest BCUT2D eigenvalue weighted by molar-refractivity contribution is 5.36. The van der Waals surface area contributed by atoms with Crippen molar-refractivity contribution in [2.45, 2.75) is 26.3 Å². The lowest BCUT2D eigenvalue weighted by Gasteiger charge is -2.11. The summed E-state index contributed by atoms with van der Waals surface area (Å²) < 4.78 is 13.3. The number of aryl methyl sites for hydroxylation is 1. The molecular formula is C9H15FN4. The summed E-state index contributed by atoms with van der Waals surface area (Å²) in [4.78, 5) is 7.52. The lowest BCUT2D eigenvalue weighted by molar-refractivity contribution is 0.600. The van der Waals surface area contributed by atoms with Crippen molar-refractivity contribution < 1.29 is 4.39 Å². The third-order valence-electron chi connectivity index (χ3n) is 2.02. The Kier molecular flexibility index (Phi) is 3.76. The lowest BCUT2D eigenvalue weighted by atomic mass is 10.2. The molecule has 5 heteroatoms. The van der Waals surface area contributed by atoms with Crippen LogP contribution in [0.4, 0.5) is 10.2 Å². The number of rotatable bonds is 4. The topological polar surface area (TPSA) is 63.8 Å². The van der Waals surface area contributed by atoms with E-state index in [2.05, 4.69) is 15.3 Å². The predicted molar refractivity (Wildman–Crippen MR) is 53.5 cm³/mol. The Bertz CT molecular complexity index is 303. The molecule has 0 spiro atoms. The average Bonchev–Trinajstić information content (AvgIpc) is 2.20. The molecule has 0 aromatic carbocycles. The van der Waals surface area contributed by atoms with Crippen LogP contribution >= 0.6 is 0 Å². The zero-order chi connectivity index (χ0) is 10.6. The maximum Gasteiger partial charge on any atom is 0.186 e. The van der Waals surface area contributed by atoms with E-state index in [1.54, 1.807) is 6.92 Å². The number of nitrogens with one attached hydrogen (secondary N) is 1. The van der Waals surface area contributed by atoms with Crippen LogP contribution in [0.15, 0.2) is 6.33 Å². The molecule has 3 N–H and O–H groups in total. The van der Waals surface area contributed by atoms with Crippen molar-refractivity contribution in [2.75, 3.05) is 11.9 Å². The van der Waals surface area contributed by atoms with Gasteiger partial charge in [-0.25, -0.2) is 14.4 Å². The van der Waals surface area contributed by atoms with Crippen LogP contribution in [-0.2, 0) is 0 Å². The van der Waals surface area contributed by atoms with E-state index in [0.29, 0.717) is 12.2 Å². The highest BCUT2D eigenvalue weighted by atomic mass is 19.1. The van der Waals surface area contributed by atoms with Crippen LogP contribution in [0.3, 0.4) is 0 Å². The quantitative estimate of drug-likeness (QED) is 0.759. The van der Waals surface area contributed by atoms with E-state index in [9.17, 15) is 4.39 Å². The van der Waals surface area contributed by atoms with Crippen molar-refractivity contribution in [3.8, 4) is 0 Å². The summed E-state index contributed by atoms with van der Waals surface area (Å²) in [7, 11) is 0. The minimum absolute atomic E-state index is 0.0182. The predicted octanol–water partition coefficient (Wildman–Crippen LogP) is 1.07. The lowest BCUT2D eigenvalue weighted by Crippen LogP contribution is -2.28. The second-order valence-electron chi connectivity index (χ2n) is 3.17. The van der Waals surface area contributed by atoms with Crippen LogP contribution < -0.4 is 11.1 Å². The summed E-state index contributed by atoms with van der Waals surface area (Å²) in [6.45, 7) is 4.10. The van der Waals surface area contributed by atoms with E-state index in [-0.39, 0.29) is 11.9 Å². The molecule has 0 saturated heterocycles. The van der Waals surface area contributed by atoms with Gasteiger partial charge in [0.1, 0.15) is 6.33 Å². The Morgan fingerprint density at radius 2 is 2.29 bits per heavy atom. The summed E-state index contributed by atoms with van der Waals surface area (Å²) in [6.07, 6.45) is 2.18. The zero-order valence-electron chi connectivity index (χ0n) is 8.42. The van der Waals surface area contributed by atoms with E-state index in [1.165, 1.54) is 6.33 Å². The van der Waals surface area contributed by atoms with Gasteiger partial charge in [0.2, 0.25) is 0 Å². The number of hydrogen-bond donors (Lipinski definition) is 2. The Hall–Kier alpha value is -1.23. The molecule has 14 heavy (non-hydrogen) atoms. The molecule has 0 fully saturated rings. The van der Waals surface area contributed by atoms with Crippen molar-refractivity contribution in [1.82, 2.24) is 9.97 Å². The molecule has 4 nitrogen and oxygen atoms in total. The van der Waals surface area contributed by atoms with Crippen LogP contribution in [0.1, 0.15) is 19.0 Å². The normalized spacial score (nSPS) is 12.6. The summed E-state index contributed by atoms with van der Waals surface area (Å²) in [5.74, 6) is -0.183. The smallest absolute Gasteiger partial charge is 0.186 e. The van der Waals surface area contributed by atoms with Gasteiger partial charge < -0.3 is 11.1 Å². The minimum atomic E-state index is -0.407. The van der Waals surface area contributed by atoms with Crippen molar-refractivity contribution in [3.63, 3.8) is 0 Å².